The van der Waals surface area contributed by atoms with Crippen molar-refractivity contribution in [2.45, 2.75) is 50.3 Å². The highest BCUT2D eigenvalue weighted by Gasteiger charge is 2.25. The molecule has 0 atom stereocenters. The molecule has 1 amide bonds. The smallest absolute Gasteiger partial charge is 0.277 e. The van der Waals surface area contributed by atoms with Gasteiger partial charge in [0.05, 0.1) is 12.4 Å². The van der Waals surface area contributed by atoms with Gasteiger partial charge in [-0.2, -0.15) is 0 Å². The normalized spacial score (nSPS) is 17.1. The molecule has 1 N–H and O–H groups in total. The van der Waals surface area contributed by atoms with Crippen LogP contribution in [0.25, 0.3) is 11.5 Å². The van der Waals surface area contributed by atoms with Crippen molar-refractivity contribution in [1.82, 2.24) is 15.1 Å². The van der Waals surface area contributed by atoms with Crippen molar-refractivity contribution in [3.8, 4) is 17.2 Å². The number of aromatic nitrogens is 2. The Morgan fingerprint density at radius 2 is 1.73 bits per heavy atom. The molecule has 0 bridgehead atoms. The van der Waals surface area contributed by atoms with E-state index in [1.165, 1.54) is 49.6 Å². The van der Waals surface area contributed by atoms with Crippen molar-refractivity contribution in [3.63, 3.8) is 0 Å². The molecule has 1 aromatic heterocycles. The minimum absolute atomic E-state index is 0.111. The molecule has 0 unspecified atom stereocenters. The Balaban J connectivity index is 1.06. The Kier molecular flexibility index (Phi) is 8.63. The van der Waals surface area contributed by atoms with Gasteiger partial charge in [-0.05, 0) is 68.3 Å². The number of ether oxygens (including phenoxy) is 1. The summed E-state index contributed by atoms with van der Waals surface area (Å²) in [7, 11) is 0. The first kappa shape index (κ1) is 25.6. The number of nitrogens with zero attached hydrogens (tertiary/aromatic N) is 4. The summed E-state index contributed by atoms with van der Waals surface area (Å²) >= 11 is 1.22. The summed E-state index contributed by atoms with van der Waals surface area (Å²) in [5.41, 5.74) is 2.81. The highest BCUT2D eigenvalue weighted by Crippen LogP contribution is 2.27. The summed E-state index contributed by atoms with van der Waals surface area (Å²) in [6.45, 7) is 6.95. The van der Waals surface area contributed by atoms with Gasteiger partial charge in [-0.1, -0.05) is 31.0 Å². The average Bonchev–Trinajstić information content (AvgIpc) is 3.43. The second-order valence-corrected chi connectivity index (χ2v) is 10.5. The number of anilines is 2. The van der Waals surface area contributed by atoms with Gasteiger partial charge in [0.1, 0.15) is 5.75 Å². The maximum Gasteiger partial charge on any atom is 0.277 e. The molecule has 37 heavy (non-hydrogen) atoms. The van der Waals surface area contributed by atoms with Crippen molar-refractivity contribution in [2.24, 2.45) is 0 Å². The molecule has 8 nitrogen and oxygen atoms in total. The number of carbonyl (C=O) groups is 1. The summed E-state index contributed by atoms with van der Waals surface area (Å²) in [5.74, 6) is 1.29. The van der Waals surface area contributed by atoms with Gasteiger partial charge >= 0.3 is 0 Å². The molecule has 1 saturated carbocycles. The predicted octanol–water partition coefficient (Wildman–Crippen LogP) is 5.32. The Morgan fingerprint density at radius 1 is 1.00 bits per heavy atom. The standard InChI is InChI=1S/C28H35N5O3S/c1-2-35-25-14-8-21(9-15-25)27-30-31-28(36-27)37-20-26(34)29-22-10-12-24(13-11-22)33-18-16-32(17-19-33)23-6-4-3-5-7-23/h8-15,23H,2-7,16-20H2,1H3,(H,29,34). The fourth-order valence-corrected chi connectivity index (χ4v) is 5.68. The molecule has 1 aliphatic carbocycles. The largest absolute Gasteiger partial charge is 0.494 e. The molecular weight excluding hydrogens is 486 g/mol. The highest BCUT2D eigenvalue weighted by atomic mass is 32.2. The number of amides is 1. The van der Waals surface area contributed by atoms with E-state index in [4.69, 9.17) is 9.15 Å². The van der Waals surface area contributed by atoms with Gasteiger partial charge in [-0.3, -0.25) is 9.69 Å². The maximum atomic E-state index is 12.5. The molecule has 5 rings (SSSR count). The molecular formula is C28H35N5O3S. The van der Waals surface area contributed by atoms with Gasteiger partial charge in [0.25, 0.3) is 5.22 Å². The lowest BCUT2D eigenvalue weighted by molar-refractivity contribution is -0.113. The minimum atomic E-state index is -0.111. The fourth-order valence-electron chi connectivity index (χ4n) is 5.12. The minimum Gasteiger partial charge on any atom is -0.494 e. The van der Waals surface area contributed by atoms with Crippen LogP contribution in [0.2, 0.25) is 0 Å². The Bertz CT molecular complexity index is 1140. The van der Waals surface area contributed by atoms with E-state index < -0.39 is 0 Å². The monoisotopic (exact) mass is 521 g/mol. The number of carbonyl (C=O) groups excluding carboxylic acids is 1. The first-order chi connectivity index (χ1) is 18.2. The molecule has 2 aromatic carbocycles. The van der Waals surface area contributed by atoms with E-state index in [0.717, 1.165) is 49.2 Å². The Labute approximate surface area is 222 Å². The molecule has 196 valence electrons. The van der Waals surface area contributed by atoms with Crippen LogP contribution in [-0.2, 0) is 4.79 Å². The van der Waals surface area contributed by atoms with E-state index in [0.29, 0.717) is 17.7 Å². The molecule has 3 aromatic rings. The summed E-state index contributed by atoms with van der Waals surface area (Å²) < 4.78 is 11.2. The Hall–Kier alpha value is -3.04. The van der Waals surface area contributed by atoms with Gasteiger partial charge in [-0.25, -0.2) is 0 Å². The lowest BCUT2D eigenvalue weighted by Crippen LogP contribution is -2.50. The van der Waals surface area contributed by atoms with E-state index in [1.807, 2.05) is 43.3 Å². The summed E-state index contributed by atoms with van der Waals surface area (Å²) in [6, 6.07) is 16.4. The zero-order valence-electron chi connectivity index (χ0n) is 21.4. The molecule has 2 fully saturated rings. The highest BCUT2D eigenvalue weighted by molar-refractivity contribution is 7.99. The van der Waals surface area contributed by atoms with Gasteiger partial charge in [-0.15, -0.1) is 10.2 Å². The van der Waals surface area contributed by atoms with Crippen LogP contribution in [0, 0.1) is 0 Å². The SMILES string of the molecule is CCOc1ccc(-c2nnc(SCC(=O)Nc3ccc(N4CCN(C5CCCCC5)CC4)cc3)o2)cc1. The quantitative estimate of drug-likeness (QED) is 0.379. The van der Waals surface area contributed by atoms with Gasteiger partial charge < -0.3 is 19.4 Å². The number of hydrogen-bond donors (Lipinski definition) is 1. The third-order valence-electron chi connectivity index (χ3n) is 7.07. The van der Waals surface area contributed by atoms with Gasteiger partial charge in [0, 0.05) is 49.2 Å². The zero-order valence-corrected chi connectivity index (χ0v) is 22.2. The predicted molar refractivity (Wildman–Crippen MR) is 147 cm³/mol. The van der Waals surface area contributed by atoms with Gasteiger partial charge in [0.15, 0.2) is 0 Å². The van der Waals surface area contributed by atoms with Crippen LogP contribution in [0.5, 0.6) is 5.75 Å². The number of thioether (sulfide) groups is 1. The van der Waals surface area contributed by atoms with Gasteiger partial charge in [0.2, 0.25) is 11.8 Å². The summed E-state index contributed by atoms with van der Waals surface area (Å²) in [6.07, 6.45) is 6.90. The van der Waals surface area contributed by atoms with E-state index in [2.05, 4.69) is 37.4 Å². The second-order valence-electron chi connectivity index (χ2n) is 9.53. The number of benzene rings is 2. The third-order valence-corrected chi connectivity index (χ3v) is 7.89. The number of piperazine rings is 1. The molecule has 2 heterocycles. The van der Waals surface area contributed by atoms with Crippen LogP contribution >= 0.6 is 11.8 Å². The second kappa shape index (κ2) is 12.5. The van der Waals surface area contributed by atoms with Crippen molar-refractivity contribution < 1.29 is 13.9 Å². The first-order valence-corrected chi connectivity index (χ1v) is 14.2. The maximum absolute atomic E-state index is 12.5. The van der Waals surface area contributed by atoms with Crippen molar-refractivity contribution >= 4 is 29.0 Å². The Morgan fingerprint density at radius 3 is 2.43 bits per heavy atom. The van der Waals surface area contributed by atoms with Crippen LogP contribution in [0.1, 0.15) is 39.0 Å². The average molecular weight is 522 g/mol. The molecule has 1 aliphatic heterocycles. The number of hydrogen-bond acceptors (Lipinski definition) is 8. The summed E-state index contributed by atoms with van der Waals surface area (Å²) in [4.78, 5) is 17.6. The number of rotatable bonds is 9. The lowest BCUT2D eigenvalue weighted by Gasteiger charge is -2.41. The van der Waals surface area contributed by atoms with E-state index in [9.17, 15) is 4.79 Å². The zero-order chi connectivity index (χ0) is 25.5. The number of nitrogens with one attached hydrogen (secondary N) is 1. The summed E-state index contributed by atoms with van der Waals surface area (Å²) in [5, 5.41) is 11.5. The van der Waals surface area contributed by atoms with E-state index >= 15 is 0 Å². The van der Waals surface area contributed by atoms with Crippen molar-refractivity contribution in [1.29, 1.82) is 0 Å². The van der Waals surface area contributed by atoms with Crippen LogP contribution in [-0.4, -0.2) is 65.6 Å². The van der Waals surface area contributed by atoms with Crippen LogP contribution in [0.15, 0.2) is 58.2 Å². The lowest BCUT2D eigenvalue weighted by atomic mass is 9.94. The van der Waals surface area contributed by atoms with Crippen molar-refractivity contribution in [3.05, 3.63) is 48.5 Å². The fraction of sp³-hybridized carbons (Fsp3) is 0.464. The first-order valence-electron chi connectivity index (χ1n) is 13.3. The van der Waals surface area contributed by atoms with Crippen LogP contribution in [0.4, 0.5) is 11.4 Å². The topological polar surface area (TPSA) is 83.7 Å². The van der Waals surface area contributed by atoms with E-state index in [1.54, 1.807) is 0 Å². The van der Waals surface area contributed by atoms with Crippen molar-refractivity contribution in [2.75, 3.05) is 48.8 Å². The molecule has 0 radical (unpaired) electrons. The molecule has 0 spiro atoms. The van der Waals surface area contributed by atoms with E-state index in [-0.39, 0.29) is 11.7 Å². The molecule has 1 saturated heterocycles. The molecule has 9 heteroatoms. The third kappa shape index (κ3) is 6.84. The van der Waals surface area contributed by atoms with Crippen LogP contribution in [0.3, 0.4) is 0 Å². The molecule has 2 aliphatic rings. The van der Waals surface area contributed by atoms with Crippen LogP contribution < -0.4 is 15.0 Å².